The smallest absolute Gasteiger partial charge is 0.307 e. The molecular weight excluding hydrogens is 269 g/mol. The molecule has 21 heavy (non-hydrogen) atoms. The maximum atomic E-state index is 2.99. The van der Waals surface area contributed by atoms with Crippen molar-refractivity contribution in [3.8, 4) is 0 Å². The van der Waals surface area contributed by atoms with Gasteiger partial charge in [-0.2, -0.15) is 60.7 Å². The van der Waals surface area contributed by atoms with Gasteiger partial charge < -0.3 is 9.80 Å². The first-order valence-electron chi connectivity index (χ1n) is 6.77. The molecule has 2 nitrogen and oxygen atoms in total. The van der Waals surface area contributed by atoms with Gasteiger partial charge in [0.1, 0.15) is 0 Å². The Bertz CT molecular complexity index is 410. The summed E-state index contributed by atoms with van der Waals surface area (Å²) in [7, 11) is 8.26. The van der Waals surface area contributed by atoms with E-state index in [0.29, 0.717) is 0 Å². The van der Waals surface area contributed by atoms with E-state index in [-0.39, 0.29) is 23.1 Å². The van der Waals surface area contributed by atoms with E-state index in [1.807, 2.05) is 24.3 Å². The summed E-state index contributed by atoms with van der Waals surface area (Å²) < 4.78 is 0. The zero-order valence-corrected chi connectivity index (χ0v) is 15.0. The number of rotatable bonds is 4. The Kier molecular flexibility index (Phi) is 11.3. The molecule has 0 unspecified atom stereocenters. The molecule has 0 spiro atoms. The molecule has 3 heteroatoms. The fraction of sp³-hybridized carbons (Fsp3) is 0.333. The van der Waals surface area contributed by atoms with Crippen LogP contribution in [-0.2, 0) is 13.1 Å². The normalized spacial score (nSPS) is 9.81. The van der Waals surface area contributed by atoms with Crippen LogP contribution in [0.25, 0.3) is 0 Å². The molecule has 0 saturated carbocycles. The van der Waals surface area contributed by atoms with E-state index in [4.69, 9.17) is 0 Å². The van der Waals surface area contributed by atoms with Gasteiger partial charge in [-0.3, -0.25) is 0 Å². The second kappa shape index (κ2) is 11.7. The third-order valence-corrected chi connectivity index (χ3v) is 2.57. The van der Waals surface area contributed by atoms with Crippen molar-refractivity contribution >= 4 is 23.1 Å². The van der Waals surface area contributed by atoms with Gasteiger partial charge in [0, 0.05) is 13.1 Å². The first-order chi connectivity index (χ1) is 9.58. The molecule has 0 atom stereocenters. The quantitative estimate of drug-likeness (QED) is 0.631. The zero-order chi connectivity index (χ0) is 14.8. The molecule has 2 aromatic carbocycles. The van der Waals surface area contributed by atoms with Crippen molar-refractivity contribution in [2.45, 2.75) is 13.1 Å². The predicted octanol–water partition coefficient (Wildman–Crippen LogP) is 2.72. The monoisotopic (exact) mass is 292 g/mol. The topological polar surface area (TPSA) is 6.48 Å². The summed E-state index contributed by atoms with van der Waals surface area (Å²) in [6.45, 7) is 2.02. The summed E-state index contributed by atoms with van der Waals surface area (Å²) in [6, 6.07) is 22.1. The van der Waals surface area contributed by atoms with Crippen LogP contribution < -0.4 is 0 Å². The summed E-state index contributed by atoms with van der Waals surface area (Å²) in [5.74, 6) is 0. The van der Waals surface area contributed by atoms with E-state index in [0.717, 1.165) is 13.1 Å². The first-order valence-corrected chi connectivity index (χ1v) is 6.77. The Morgan fingerprint density at radius 1 is 0.667 bits per heavy atom. The van der Waals surface area contributed by atoms with Gasteiger partial charge in [-0.1, -0.05) is 0 Å². The fourth-order valence-electron chi connectivity index (χ4n) is 1.78. The van der Waals surface area contributed by atoms with Gasteiger partial charge in [0.25, 0.3) is 0 Å². The maximum absolute atomic E-state index is 2.99. The third kappa shape index (κ3) is 10.5. The molecular formula is C18H24MgN2. The molecule has 0 aliphatic rings. The van der Waals surface area contributed by atoms with Crippen molar-refractivity contribution in [3.63, 3.8) is 0 Å². The molecule has 0 saturated heterocycles. The number of hydrogen-bond donors (Lipinski definition) is 0. The molecule has 0 aliphatic heterocycles. The SMILES string of the molecule is CN(C)Cc1cc[c-]cc1.CN(C)Cc1cc[c-]cc1.[Mg+2]. The molecule has 0 aliphatic carbocycles. The van der Waals surface area contributed by atoms with Crippen LogP contribution in [0.2, 0.25) is 0 Å². The Morgan fingerprint density at radius 3 is 1.19 bits per heavy atom. The largest absolute Gasteiger partial charge is 2.00 e. The van der Waals surface area contributed by atoms with Crippen LogP contribution in [0.5, 0.6) is 0 Å². The van der Waals surface area contributed by atoms with Gasteiger partial charge in [-0.15, -0.1) is 11.1 Å². The molecule has 0 amide bonds. The molecule has 0 N–H and O–H groups in total. The molecule has 2 aromatic rings. The Hall–Kier alpha value is -0.874. The van der Waals surface area contributed by atoms with Crippen molar-refractivity contribution in [2.75, 3.05) is 28.2 Å². The molecule has 0 aromatic heterocycles. The Morgan fingerprint density at radius 2 is 0.952 bits per heavy atom. The van der Waals surface area contributed by atoms with Crippen LogP contribution in [-0.4, -0.2) is 61.0 Å². The first kappa shape index (κ1) is 20.1. The van der Waals surface area contributed by atoms with E-state index >= 15 is 0 Å². The Labute approximate surface area is 145 Å². The van der Waals surface area contributed by atoms with E-state index in [2.05, 4.69) is 74.4 Å². The van der Waals surface area contributed by atoms with E-state index in [1.165, 1.54) is 11.1 Å². The summed E-state index contributed by atoms with van der Waals surface area (Å²) >= 11 is 0. The van der Waals surface area contributed by atoms with Crippen molar-refractivity contribution < 1.29 is 0 Å². The molecule has 0 heterocycles. The standard InChI is InChI=1S/2C9H12N.Mg/c2*1-10(2)8-9-6-4-3-5-7-9;/h2*4-7H,8H2,1-2H3;/q2*-1;+2. The Balaban J connectivity index is 0.000000364. The third-order valence-electron chi connectivity index (χ3n) is 2.57. The number of hydrogen-bond acceptors (Lipinski definition) is 2. The second-order valence-electron chi connectivity index (χ2n) is 5.29. The molecule has 0 radical (unpaired) electrons. The van der Waals surface area contributed by atoms with Crippen molar-refractivity contribution in [1.82, 2.24) is 9.80 Å². The molecule has 0 bridgehead atoms. The van der Waals surface area contributed by atoms with Crippen LogP contribution in [0.1, 0.15) is 11.1 Å². The van der Waals surface area contributed by atoms with Gasteiger partial charge in [0.15, 0.2) is 0 Å². The summed E-state index contributed by atoms with van der Waals surface area (Å²) in [4.78, 5) is 4.30. The zero-order valence-electron chi connectivity index (χ0n) is 13.6. The minimum Gasteiger partial charge on any atom is -0.307 e. The van der Waals surface area contributed by atoms with Gasteiger partial charge in [-0.05, 0) is 28.2 Å². The van der Waals surface area contributed by atoms with E-state index in [9.17, 15) is 0 Å². The van der Waals surface area contributed by atoms with E-state index < -0.39 is 0 Å². The van der Waals surface area contributed by atoms with Gasteiger partial charge in [0.05, 0.1) is 0 Å². The van der Waals surface area contributed by atoms with Crippen molar-refractivity contribution in [2.24, 2.45) is 0 Å². The fourth-order valence-corrected chi connectivity index (χ4v) is 1.78. The van der Waals surface area contributed by atoms with E-state index in [1.54, 1.807) is 0 Å². The molecule has 2 rings (SSSR count). The van der Waals surface area contributed by atoms with Gasteiger partial charge >= 0.3 is 23.1 Å². The number of benzene rings is 2. The average molecular weight is 293 g/mol. The van der Waals surface area contributed by atoms with Gasteiger partial charge in [0.2, 0.25) is 0 Å². The molecule has 0 fully saturated rings. The van der Waals surface area contributed by atoms with Crippen molar-refractivity contribution in [1.29, 1.82) is 0 Å². The van der Waals surface area contributed by atoms with Crippen LogP contribution in [0.4, 0.5) is 0 Å². The summed E-state index contributed by atoms with van der Waals surface area (Å²) in [5.41, 5.74) is 2.67. The molecule has 108 valence electrons. The number of nitrogens with zero attached hydrogens (tertiary/aromatic N) is 2. The van der Waals surface area contributed by atoms with Crippen LogP contribution >= 0.6 is 0 Å². The van der Waals surface area contributed by atoms with Crippen molar-refractivity contribution in [3.05, 3.63) is 71.8 Å². The predicted molar refractivity (Wildman–Crippen MR) is 91.1 cm³/mol. The second-order valence-corrected chi connectivity index (χ2v) is 5.29. The maximum Gasteiger partial charge on any atom is 2.00 e. The summed E-state index contributed by atoms with van der Waals surface area (Å²) in [6.07, 6.45) is 0. The van der Waals surface area contributed by atoms with Crippen LogP contribution in [0.15, 0.2) is 48.5 Å². The van der Waals surface area contributed by atoms with Crippen LogP contribution in [0.3, 0.4) is 0 Å². The minimum absolute atomic E-state index is 0. The van der Waals surface area contributed by atoms with Gasteiger partial charge in [-0.25, -0.2) is 0 Å². The average Bonchev–Trinajstić information content (AvgIpc) is 2.40. The van der Waals surface area contributed by atoms with Crippen LogP contribution in [0, 0.1) is 12.1 Å². The minimum atomic E-state index is 0. The summed E-state index contributed by atoms with van der Waals surface area (Å²) in [5, 5.41) is 0.